The third-order valence-electron chi connectivity index (χ3n) is 2.71. The van der Waals surface area contributed by atoms with Gasteiger partial charge in [-0.3, -0.25) is 0 Å². The van der Waals surface area contributed by atoms with Crippen molar-refractivity contribution < 1.29 is 27.4 Å². The molecule has 0 aromatic carbocycles. The van der Waals surface area contributed by atoms with E-state index in [1.807, 2.05) is 0 Å². The van der Waals surface area contributed by atoms with Gasteiger partial charge >= 0.3 is 35.3 Å². The Morgan fingerprint density at radius 2 is 0.882 bits per heavy atom. The van der Waals surface area contributed by atoms with Crippen LogP contribution in [0.5, 0.6) is 0 Å². The second-order valence-electron chi connectivity index (χ2n) is 4.01. The van der Waals surface area contributed by atoms with Crippen LogP contribution in [0.15, 0.2) is 0 Å². The summed E-state index contributed by atoms with van der Waals surface area (Å²) in [7, 11) is 9.75. The van der Waals surface area contributed by atoms with Crippen LogP contribution in [0, 0.1) is 0 Å². The van der Waals surface area contributed by atoms with E-state index >= 15 is 0 Å². The van der Waals surface area contributed by atoms with Gasteiger partial charge in [0.15, 0.2) is 0 Å². The summed E-state index contributed by atoms with van der Waals surface area (Å²) in [5.41, 5.74) is 14.3. The molecule has 0 bridgehead atoms. The Labute approximate surface area is 121 Å². The molecule has 0 unspecified atom stereocenters. The fourth-order valence-electron chi connectivity index (χ4n) is 1.85. The maximum absolute atomic E-state index is 7.13. The summed E-state index contributed by atoms with van der Waals surface area (Å²) < 4.78 is 0. The summed E-state index contributed by atoms with van der Waals surface area (Å²) in [6, 6.07) is 0.593. The minimum absolute atomic E-state index is 0. The molecule has 17 heavy (non-hydrogen) atoms. The molecule has 0 amide bonds. The zero-order valence-corrected chi connectivity index (χ0v) is 13.7. The second-order valence-corrected chi connectivity index (χ2v) is 7.29. The summed E-state index contributed by atoms with van der Waals surface area (Å²) in [5.74, 6) is 0. The zero-order valence-electron chi connectivity index (χ0n) is 9.88. The molecule has 7 heteroatoms. The molecule has 0 aliphatic heterocycles. The maximum Gasteiger partial charge on any atom is -0.0547 e. The van der Waals surface area contributed by atoms with Gasteiger partial charge in [-0.2, -0.15) is 0 Å². The van der Waals surface area contributed by atoms with Gasteiger partial charge < -0.3 is 22.4 Å². The van der Waals surface area contributed by atoms with Crippen molar-refractivity contribution >= 4 is 18.8 Å². The largest absolute Gasteiger partial charge is 0.675 e. The Morgan fingerprint density at radius 3 is 0.941 bits per heavy atom. The third-order valence-corrected chi connectivity index (χ3v) is 2.71. The zero-order chi connectivity index (χ0) is 11.5. The molecule has 0 spiro atoms. The molecule has 2 saturated carbocycles. The molecule has 4 nitrogen and oxygen atoms in total. The van der Waals surface area contributed by atoms with Crippen molar-refractivity contribution in [3.05, 3.63) is 11.5 Å². The molecule has 0 atom stereocenters. The van der Waals surface area contributed by atoms with Crippen LogP contribution in [-0.2, 0) is 16.5 Å². The van der Waals surface area contributed by atoms with Gasteiger partial charge in [-0.15, -0.1) is 12.1 Å². The SMILES string of the molecule is O.O.[Cl][Pt][Cl].[NH-]C1CCCC1.[NH-]C1CCCC1. The first kappa shape index (κ1) is 23.2. The van der Waals surface area contributed by atoms with Gasteiger partial charge in [-0.05, 0) is 0 Å². The Hall–Kier alpha value is 1.11. The fourth-order valence-corrected chi connectivity index (χ4v) is 1.85. The van der Waals surface area contributed by atoms with Crippen molar-refractivity contribution in [3.63, 3.8) is 0 Å². The molecule has 6 N–H and O–H groups in total. The summed E-state index contributed by atoms with van der Waals surface area (Å²) in [6.07, 6.45) is 9.81. The van der Waals surface area contributed by atoms with E-state index in [0.29, 0.717) is 12.1 Å². The topological polar surface area (TPSA) is 111 Å². The quantitative estimate of drug-likeness (QED) is 0.515. The molecule has 112 valence electrons. The number of hydrogen-bond donors (Lipinski definition) is 0. The Morgan fingerprint density at radius 1 is 0.706 bits per heavy atom. The van der Waals surface area contributed by atoms with E-state index in [4.69, 9.17) is 30.3 Å². The van der Waals surface area contributed by atoms with Crippen LogP contribution in [0.3, 0.4) is 0 Å². The Balaban J connectivity index is -0.000000173. The second kappa shape index (κ2) is 17.1. The first-order valence-electron chi connectivity index (χ1n) is 5.45. The van der Waals surface area contributed by atoms with Gasteiger partial charge in [-0.25, -0.2) is 0 Å². The van der Waals surface area contributed by atoms with Gasteiger partial charge in [0.25, 0.3) is 0 Å². The molecular formula is C10H24Cl2N2O2Pt-2. The first-order chi connectivity index (χ1) is 7.20. The van der Waals surface area contributed by atoms with E-state index in [9.17, 15) is 0 Å². The number of rotatable bonds is 0. The van der Waals surface area contributed by atoms with Gasteiger partial charge in [0.05, 0.1) is 0 Å². The van der Waals surface area contributed by atoms with E-state index < -0.39 is 16.5 Å². The minimum atomic E-state index is -0.472. The molecule has 0 aromatic rings. The van der Waals surface area contributed by atoms with Crippen LogP contribution in [-0.4, -0.2) is 23.0 Å². The predicted octanol–water partition coefficient (Wildman–Crippen LogP) is 3.69. The van der Waals surface area contributed by atoms with Gasteiger partial charge in [0.2, 0.25) is 0 Å². The average Bonchev–Trinajstić information content (AvgIpc) is 2.81. The molecule has 0 heterocycles. The monoisotopic (exact) mass is 469 g/mol. The molecule has 2 rings (SSSR count). The van der Waals surface area contributed by atoms with Crippen molar-refractivity contribution in [3.8, 4) is 0 Å². The third kappa shape index (κ3) is 17.1. The number of halogens is 2. The molecule has 2 aliphatic rings. The average molecular weight is 470 g/mol. The Kier molecular flexibility index (Phi) is 23.4. The smallest absolute Gasteiger partial charge is 0.0547 e. The van der Waals surface area contributed by atoms with E-state index in [-0.39, 0.29) is 11.0 Å². The maximum atomic E-state index is 7.13. The summed E-state index contributed by atoms with van der Waals surface area (Å²) >= 11 is -0.472. The van der Waals surface area contributed by atoms with Crippen LogP contribution in [0.1, 0.15) is 51.4 Å². The fraction of sp³-hybridized carbons (Fsp3) is 1.00. The summed E-state index contributed by atoms with van der Waals surface area (Å²) in [6.45, 7) is 0. The van der Waals surface area contributed by atoms with Crippen molar-refractivity contribution in [1.82, 2.24) is 0 Å². The van der Waals surface area contributed by atoms with Crippen molar-refractivity contribution in [1.29, 1.82) is 0 Å². The van der Waals surface area contributed by atoms with Gasteiger partial charge in [0, 0.05) is 0 Å². The normalized spacial score (nSPS) is 19.3. The van der Waals surface area contributed by atoms with Crippen LogP contribution in [0.2, 0.25) is 0 Å². The molecule has 0 saturated heterocycles. The first-order valence-corrected chi connectivity index (χ1v) is 11.1. The van der Waals surface area contributed by atoms with Gasteiger partial charge in [0.1, 0.15) is 0 Å². The van der Waals surface area contributed by atoms with E-state index in [1.165, 1.54) is 25.7 Å². The van der Waals surface area contributed by atoms with Crippen LogP contribution in [0.4, 0.5) is 0 Å². The standard InChI is InChI=1S/2C5H10N.2ClH.2H2O.Pt/c2*6-5-3-1-2-4-5;;;;;/h2*5-6H,1-4H2;2*1H;2*1H2;/q2*-1;;;;;+2/p-2. The number of hydrogen-bond acceptors (Lipinski definition) is 0. The van der Waals surface area contributed by atoms with Crippen LogP contribution in [0.25, 0.3) is 11.5 Å². The molecular weight excluding hydrogens is 446 g/mol. The van der Waals surface area contributed by atoms with Gasteiger partial charge in [-0.1, -0.05) is 51.4 Å². The number of nitrogens with one attached hydrogen (secondary N) is 2. The van der Waals surface area contributed by atoms with Crippen molar-refractivity contribution in [2.75, 3.05) is 0 Å². The van der Waals surface area contributed by atoms with Crippen molar-refractivity contribution in [2.45, 2.75) is 63.5 Å². The Bertz CT molecular complexity index is 121. The molecule has 2 fully saturated rings. The summed E-state index contributed by atoms with van der Waals surface area (Å²) in [4.78, 5) is 0. The summed E-state index contributed by atoms with van der Waals surface area (Å²) in [5, 5.41) is 0. The van der Waals surface area contributed by atoms with Crippen LogP contribution < -0.4 is 0 Å². The minimum Gasteiger partial charge on any atom is -0.675 e. The van der Waals surface area contributed by atoms with E-state index in [2.05, 4.69) is 0 Å². The van der Waals surface area contributed by atoms with E-state index in [1.54, 1.807) is 0 Å². The molecule has 0 aromatic heterocycles. The molecule has 2 aliphatic carbocycles. The van der Waals surface area contributed by atoms with Crippen molar-refractivity contribution in [2.24, 2.45) is 0 Å². The van der Waals surface area contributed by atoms with Crippen LogP contribution >= 0.6 is 18.8 Å². The predicted molar refractivity (Wildman–Crippen MR) is 72.1 cm³/mol. The molecule has 0 radical (unpaired) electrons. The van der Waals surface area contributed by atoms with E-state index in [0.717, 1.165) is 25.7 Å².